The third-order valence-corrected chi connectivity index (χ3v) is 6.71. The van der Waals surface area contributed by atoms with Crippen LogP contribution < -0.4 is 5.32 Å². The molecule has 4 aliphatic heterocycles. The second-order valence-electron chi connectivity index (χ2n) is 10.6. The van der Waals surface area contributed by atoms with Gasteiger partial charge in [-0.05, 0) is 58.8 Å². The molecule has 0 aliphatic carbocycles. The molecule has 0 spiro atoms. The van der Waals surface area contributed by atoms with Crippen molar-refractivity contribution in [1.82, 2.24) is 5.32 Å². The summed E-state index contributed by atoms with van der Waals surface area (Å²) in [6, 6.07) is -0.111. The number of aliphatic hydroxyl groups is 2. The van der Waals surface area contributed by atoms with Gasteiger partial charge in [-0.15, -0.1) is 0 Å². The van der Waals surface area contributed by atoms with Crippen LogP contribution in [0.1, 0.15) is 58.8 Å². The van der Waals surface area contributed by atoms with Crippen molar-refractivity contribution in [2.24, 2.45) is 0 Å². The average molecular weight is 568 g/mol. The Morgan fingerprint density at radius 1 is 0.769 bits per heavy atom. The largest absolute Gasteiger partial charge is 0.389 e. The van der Waals surface area contributed by atoms with E-state index >= 15 is 0 Å². The molecule has 234 valence electrons. The minimum atomic E-state index is -0.681. The van der Waals surface area contributed by atoms with Crippen molar-refractivity contribution >= 4 is 0 Å². The van der Waals surface area contributed by atoms with E-state index < -0.39 is 18.0 Å². The second kappa shape index (κ2) is 22.2. The Balaban J connectivity index is 0.000000260. The standard InChI is InChI=1S/C8H16O2.C7H14O3.C7H14O2.C6H13NO3/c1-9-7-5-8-4-2-3-6-10-8;1-7(2)9-5-6(10-7)4-8-3;1-8-6-7-4-2-3-5-9-7;1-10-3-4-6(9)5(8)2-7-4/h8H,2-7H2,1H3;6H,4-5H2,1-3H3;7H,2-6H2,1H3;4-9H,2-3H2,1H3/t;6-;;4-,5+,6-/m.0.1/s1. The monoisotopic (exact) mass is 567 g/mol. The predicted octanol–water partition coefficient (Wildman–Crippen LogP) is 1.90. The second-order valence-corrected chi connectivity index (χ2v) is 10.6. The summed E-state index contributed by atoms with van der Waals surface area (Å²) in [5.74, 6) is -0.413. The fourth-order valence-corrected chi connectivity index (χ4v) is 4.56. The third-order valence-electron chi connectivity index (χ3n) is 6.71. The van der Waals surface area contributed by atoms with E-state index in [1.807, 2.05) is 13.8 Å². The maximum atomic E-state index is 9.20. The zero-order valence-corrected chi connectivity index (χ0v) is 25.2. The third kappa shape index (κ3) is 17.2. The quantitative estimate of drug-likeness (QED) is 0.378. The molecule has 0 aromatic heterocycles. The Morgan fingerprint density at radius 2 is 1.36 bits per heavy atom. The molecule has 4 aliphatic rings. The van der Waals surface area contributed by atoms with Gasteiger partial charge in [-0.3, -0.25) is 0 Å². The van der Waals surface area contributed by atoms with Gasteiger partial charge in [-0.2, -0.15) is 0 Å². The van der Waals surface area contributed by atoms with Gasteiger partial charge in [-0.25, -0.2) is 0 Å². The molecule has 6 atom stereocenters. The molecule has 3 N–H and O–H groups in total. The number of rotatable bonds is 9. The molecular formula is C28H57NO10. The molecular weight excluding hydrogens is 510 g/mol. The van der Waals surface area contributed by atoms with E-state index in [9.17, 15) is 5.11 Å². The van der Waals surface area contributed by atoms with Crippen LogP contribution in [-0.4, -0.2) is 134 Å². The zero-order chi connectivity index (χ0) is 28.9. The summed E-state index contributed by atoms with van der Waals surface area (Å²) in [5.41, 5.74) is 0. The van der Waals surface area contributed by atoms with Gasteiger partial charge in [0, 0.05) is 54.8 Å². The number of nitrogens with one attached hydrogen (secondary N) is 1. The van der Waals surface area contributed by atoms with Crippen molar-refractivity contribution in [2.75, 3.05) is 81.2 Å². The number of methoxy groups -OCH3 is 4. The van der Waals surface area contributed by atoms with Crippen molar-refractivity contribution in [1.29, 1.82) is 0 Å². The lowest BCUT2D eigenvalue weighted by Crippen LogP contribution is -2.36. The molecule has 0 radical (unpaired) electrons. The van der Waals surface area contributed by atoms with E-state index in [0.29, 0.717) is 38.6 Å². The molecule has 4 saturated heterocycles. The topological polar surface area (TPSA) is 126 Å². The van der Waals surface area contributed by atoms with Crippen LogP contribution in [0.3, 0.4) is 0 Å². The fourth-order valence-electron chi connectivity index (χ4n) is 4.56. The molecule has 11 heteroatoms. The molecule has 0 amide bonds. The lowest BCUT2D eigenvalue weighted by molar-refractivity contribution is -0.143. The minimum Gasteiger partial charge on any atom is -0.389 e. The van der Waals surface area contributed by atoms with E-state index in [2.05, 4.69) is 5.32 Å². The van der Waals surface area contributed by atoms with E-state index in [0.717, 1.165) is 32.8 Å². The van der Waals surface area contributed by atoms with Crippen LogP contribution in [0.4, 0.5) is 0 Å². The van der Waals surface area contributed by atoms with Crippen LogP contribution >= 0.6 is 0 Å². The molecule has 4 heterocycles. The van der Waals surface area contributed by atoms with Crippen LogP contribution in [0.2, 0.25) is 0 Å². The fraction of sp³-hybridized carbons (Fsp3) is 1.00. The summed E-state index contributed by atoms with van der Waals surface area (Å²) in [7, 11) is 6.69. The lowest BCUT2D eigenvalue weighted by atomic mass is 10.1. The van der Waals surface area contributed by atoms with E-state index in [1.165, 1.54) is 38.5 Å². The lowest BCUT2D eigenvalue weighted by Gasteiger charge is -2.21. The van der Waals surface area contributed by atoms with Crippen LogP contribution in [0.15, 0.2) is 0 Å². The van der Waals surface area contributed by atoms with Crippen molar-refractivity contribution in [3.63, 3.8) is 0 Å². The first-order chi connectivity index (χ1) is 18.8. The van der Waals surface area contributed by atoms with Gasteiger partial charge >= 0.3 is 0 Å². The van der Waals surface area contributed by atoms with Gasteiger partial charge in [-0.1, -0.05) is 0 Å². The maximum absolute atomic E-state index is 9.20. The number of β-amino-alcohol motifs (C(OH)–C–C–N with tert-alkyl or cyclic N) is 1. The minimum absolute atomic E-state index is 0.111. The number of hydrogen-bond acceptors (Lipinski definition) is 11. The van der Waals surface area contributed by atoms with E-state index in [4.69, 9.17) is 43.0 Å². The van der Waals surface area contributed by atoms with E-state index in [-0.39, 0.29) is 12.1 Å². The summed E-state index contributed by atoms with van der Waals surface area (Å²) in [6.07, 6.45) is 8.21. The van der Waals surface area contributed by atoms with Gasteiger partial charge < -0.3 is 53.4 Å². The van der Waals surface area contributed by atoms with Gasteiger partial charge in [0.05, 0.1) is 56.9 Å². The average Bonchev–Trinajstić information content (AvgIpc) is 3.45. The summed E-state index contributed by atoms with van der Waals surface area (Å²) < 4.78 is 41.3. The molecule has 0 bridgehead atoms. The Labute approximate surface area is 236 Å². The zero-order valence-electron chi connectivity index (χ0n) is 25.2. The van der Waals surface area contributed by atoms with Crippen molar-refractivity contribution in [3.05, 3.63) is 0 Å². The van der Waals surface area contributed by atoms with Crippen molar-refractivity contribution in [3.8, 4) is 0 Å². The Bertz CT molecular complexity index is 554. The molecule has 2 unspecified atom stereocenters. The van der Waals surface area contributed by atoms with Gasteiger partial charge in [0.25, 0.3) is 0 Å². The normalized spacial score (nSPS) is 31.7. The summed E-state index contributed by atoms with van der Waals surface area (Å²) >= 11 is 0. The number of hydrogen-bond donors (Lipinski definition) is 3. The Morgan fingerprint density at radius 3 is 1.79 bits per heavy atom. The highest BCUT2D eigenvalue weighted by Crippen LogP contribution is 2.22. The summed E-state index contributed by atoms with van der Waals surface area (Å²) in [4.78, 5) is 0. The Hall–Kier alpha value is -0.440. The molecule has 4 rings (SSSR count). The van der Waals surface area contributed by atoms with Gasteiger partial charge in [0.1, 0.15) is 6.10 Å². The Kier molecular flexibility index (Phi) is 20.8. The first-order valence-electron chi connectivity index (χ1n) is 14.4. The van der Waals surface area contributed by atoms with Crippen molar-refractivity contribution in [2.45, 2.75) is 101 Å². The van der Waals surface area contributed by atoms with Crippen LogP contribution in [0, 0.1) is 0 Å². The van der Waals surface area contributed by atoms with Crippen LogP contribution in [0.25, 0.3) is 0 Å². The molecule has 4 fully saturated rings. The molecule has 0 saturated carbocycles. The SMILES string of the molecule is COCC1CCCCO1.COCCC1CCCCO1.COC[C@H]1COC(C)(C)O1.COC[C@H]1NC[C@H](O)[C@@H]1O. The maximum Gasteiger partial charge on any atom is 0.163 e. The van der Waals surface area contributed by atoms with Crippen LogP contribution in [-0.2, 0) is 37.9 Å². The van der Waals surface area contributed by atoms with Gasteiger partial charge in [0.15, 0.2) is 5.79 Å². The molecule has 11 nitrogen and oxygen atoms in total. The van der Waals surface area contributed by atoms with E-state index in [1.54, 1.807) is 28.4 Å². The number of ether oxygens (including phenoxy) is 8. The molecule has 0 aromatic rings. The van der Waals surface area contributed by atoms with Crippen molar-refractivity contribution < 1.29 is 48.1 Å². The summed E-state index contributed by atoms with van der Waals surface area (Å²) in [5, 5.41) is 21.2. The number of aliphatic hydroxyl groups excluding tert-OH is 2. The predicted molar refractivity (Wildman–Crippen MR) is 148 cm³/mol. The molecule has 0 aromatic carbocycles. The highest BCUT2D eigenvalue weighted by Gasteiger charge is 2.33. The first-order valence-corrected chi connectivity index (χ1v) is 14.4. The van der Waals surface area contributed by atoms with Gasteiger partial charge in [0.2, 0.25) is 0 Å². The summed E-state index contributed by atoms with van der Waals surface area (Å²) in [6.45, 7) is 9.44. The molecule has 39 heavy (non-hydrogen) atoms. The highest BCUT2D eigenvalue weighted by atomic mass is 16.7. The van der Waals surface area contributed by atoms with Crippen LogP contribution in [0.5, 0.6) is 0 Å². The highest BCUT2D eigenvalue weighted by molar-refractivity contribution is 4.89. The smallest absolute Gasteiger partial charge is 0.163 e. The first kappa shape index (κ1) is 36.6.